The number of carbonyl (C=O) groups is 1. The van der Waals surface area contributed by atoms with Gasteiger partial charge in [-0.1, -0.05) is 33.6 Å². The first kappa shape index (κ1) is 15.9. The van der Waals surface area contributed by atoms with Crippen molar-refractivity contribution in [2.45, 2.75) is 12.3 Å². The Morgan fingerprint density at radius 3 is 2.76 bits per heavy atom. The zero-order valence-corrected chi connectivity index (χ0v) is 13.9. The molecule has 0 aliphatic carbocycles. The second-order valence-electron chi connectivity index (χ2n) is 4.35. The fourth-order valence-electron chi connectivity index (χ4n) is 1.89. The predicted octanol–water partition coefficient (Wildman–Crippen LogP) is 4.89. The molecule has 0 aliphatic heterocycles. The zero-order valence-electron chi connectivity index (χ0n) is 11.5. The van der Waals surface area contributed by atoms with Crippen molar-refractivity contribution in [2.24, 2.45) is 0 Å². The van der Waals surface area contributed by atoms with Crippen molar-refractivity contribution in [3.05, 3.63) is 58.6 Å². The third kappa shape index (κ3) is 4.22. The lowest BCUT2D eigenvalue weighted by Crippen LogP contribution is -2.12. The van der Waals surface area contributed by atoms with Gasteiger partial charge in [0.25, 0.3) is 5.91 Å². The fourth-order valence-corrected chi connectivity index (χ4v) is 2.52. The first-order valence-electron chi connectivity index (χ1n) is 6.52. The average Bonchev–Trinajstić information content (AvgIpc) is 2.49. The molecule has 0 heterocycles. The number of rotatable bonds is 5. The first-order valence-corrected chi connectivity index (χ1v) is 8.02. The van der Waals surface area contributed by atoms with Crippen LogP contribution in [0.3, 0.4) is 0 Å². The fraction of sp³-hybridized carbons (Fsp3) is 0.188. The van der Waals surface area contributed by atoms with Crippen LogP contribution >= 0.6 is 27.5 Å². The monoisotopic (exact) mass is 367 g/mol. The molecule has 0 bridgehead atoms. The van der Waals surface area contributed by atoms with Gasteiger partial charge in [0, 0.05) is 27.2 Å². The number of nitrogens with one attached hydrogen (secondary N) is 1. The number of anilines is 1. The minimum Gasteiger partial charge on any atom is -0.494 e. The van der Waals surface area contributed by atoms with Gasteiger partial charge in [-0.05, 0) is 43.3 Å². The Balaban J connectivity index is 2.17. The lowest BCUT2D eigenvalue weighted by molar-refractivity contribution is 0.102. The van der Waals surface area contributed by atoms with Gasteiger partial charge in [0.1, 0.15) is 5.75 Å². The summed E-state index contributed by atoms with van der Waals surface area (Å²) in [5.41, 5.74) is 2.23. The standard InChI is InChI=1S/C16H15BrClNO2/c1-2-21-15-7-6-14(9-12(15)10-17)19-16(20)11-4-3-5-13(18)8-11/h3-9H,2,10H2,1H3,(H,19,20). The highest BCUT2D eigenvalue weighted by Gasteiger charge is 2.09. The molecular formula is C16H15BrClNO2. The Morgan fingerprint density at radius 1 is 1.29 bits per heavy atom. The summed E-state index contributed by atoms with van der Waals surface area (Å²) in [6, 6.07) is 12.4. The maximum Gasteiger partial charge on any atom is 0.255 e. The van der Waals surface area contributed by atoms with E-state index in [0.717, 1.165) is 17.0 Å². The molecule has 0 fully saturated rings. The third-order valence-corrected chi connectivity index (χ3v) is 3.69. The van der Waals surface area contributed by atoms with Gasteiger partial charge in [0.2, 0.25) is 0 Å². The summed E-state index contributed by atoms with van der Waals surface area (Å²) in [5, 5.41) is 4.05. The topological polar surface area (TPSA) is 38.3 Å². The van der Waals surface area contributed by atoms with Crippen molar-refractivity contribution < 1.29 is 9.53 Å². The molecule has 2 aromatic rings. The molecule has 1 N–H and O–H groups in total. The molecule has 3 nitrogen and oxygen atoms in total. The summed E-state index contributed by atoms with van der Waals surface area (Å²) >= 11 is 9.32. The van der Waals surface area contributed by atoms with E-state index in [9.17, 15) is 4.79 Å². The molecule has 21 heavy (non-hydrogen) atoms. The van der Waals surface area contributed by atoms with Gasteiger partial charge < -0.3 is 10.1 Å². The summed E-state index contributed by atoms with van der Waals surface area (Å²) in [6.45, 7) is 2.54. The zero-order chi connectivity index (χ0) is 15.2. The highest BCUT2D eigenvalue weighted by atomic mass is 79.9. The van der Waals surface area contributed by atoms with Crippen LogP contribution in [-0.4, -0.2) is 12.5 Å². The maximum atomic E-state index is 12.2. The molecule has 0 aliphatic rings. The second kappa shape index (κ2) is 7.48. The minimum absolute atomic E-state index is 0.192. The smallest absolute Gasteiger partial charge is 0.255 e. The molecule has 2 rings (SSSR count). The van der Waals surface area contributed by atoms with E-state index in [1.807, 2.05) is 25.1 Å². The van der Waals surface area contributed by atoms with E-state index in [0.29, 0.717) is 22.5 Å². The van der Waals surface area contributed by atoms with Crippen LogP contribution in [0.1, 0.15) is 22.8 Å². The van der Waals surface area contributed by atoms with Gasteiger partial charge in [-0.15, -0.1) is 0 Å². The predicted molar refractivity (Wildman–Crippen MR) is 89.6 cm³/mol. The van der Waals surface area contributed by atoms with Crippen LogP contribution in [0.4, 0.5) is 5.69 Å². The number of halogens is 2. The van der Waals surface area contributed by atoms with Gasteiger partial charge in [0.15, 0.2) is 0 Å². The Labute approximate surface area is 137 Å². The van der Waals surface area contributed by atoms with Crippen molar-refractivity contribution in [3.63, 3.8) is 0 Å². The largest absolute Gasteiger partial charge is 0.494 e. The molecule has 0 unspecified atom stereocenters. The van der Waals surface area contributed by atoms with Crippen LogP contribution in [-0.2, 0) is 5.33 Å². The summed E-state index contributed by atoms with van der Waals surface area (Å²) in [5.74, 6) is 0.623. The van der Waals surface area contributed by atoms with E-state index in [4.69, 9.17) is 16.3 Å². The van der Waals surface area contributed by atoms with E-state index < -0.39 is 0 Å². The number of hydrogen-bond donors (Lipinski definition) is 1. The van der Waals surface area contributed by atoms with Crippen LogP contribution in [0.5, 0.6) is 5.75 Å². The Bertz CT molecular complexity index is 646. The van der Waals surface area contributed by atoms with Crippen molar-refractivity contribution in [1.29, 1.82) is 0 Å². The van der Waals surface area contributed by atoms with Crippen molar-refractivity contribution >= 4 is 39.1 Å². The van der Waals surface area contributed by atoms with E-state index in [-0.39, 0.29) is 5.91 Å². The Morgan fingerprint density at radius 2 is 2.10 bits per heavy atom. The quantitative estimate of drug-likeness (QED) is 0.763. The molecule has 5 heteroatoms. The molecule has 0 aromatic heterocycles. The van der Waals surface area contributed by atoms with Gasteiger partial charge in [-0.3, -0.25) is 4.79 Å². The number of ether oxygens (including phenoxy) is 1. The molecule has 1 amide bonds. The molecule has 0 saturated carbocycles. The molecule has 0 saturated heterocycles. The highest BCUT2D eigenvalue weighted by Crippen LogP contribution is 2.25. The number of carbonyl (C=O) groups excluding carboxylic acids is 1. The number of benzene rings is 2. The lowest BCUT2D eigenvalue weighted by Gasteiger charge is -2.11. The molecule has 2 aromatic carbocycles. The van der Waals surface area contributed by atoms with Crippen molar-refractivity contribution in [3.8, 4) is 5.75 Å². The van der Waals surface area contributed by atoms with Gasteiger partial charge >= 0.3 is 0 Å². The summed E-state index contributed by atoms with van der Waals surface area (Å²) in [7, 11) is 0. The molecule has 0 radical (unpaired) electrons. The average molecular weight is 369 g/mol. The van der Waals surface area contributed by atoms with E-state index in [2.05, 4.69) is 21.2 Å². The Kier molecular flexibility index (Phi) is 5.65. The molecule has 0 atom stereocenters. The SMILES string of the molecule is CCOc1ccc(NC(=O)c2cccc(Cl)c2)cc1CBr. The summed E-state index contributed by atoms with van der Waals surface area (Å²) in [4.78, 5) is 12.2. The highest BCUT2D eigenvalue weighted by molar-refractivity contribution is 9.08. The van der Waals surface area contributed by atoms with E-state index in [1.54, 1.807) is 24.3 Å². The van der Waals surface area contributed by atoms with Crippen molar-refractivity contribution in [1.82, 2.24) is 0 Å². The molecular weight excluding hydrogens is 354 g/mol. The number of alkyl halides is 1. The summed E-state index contributed by atoms with van der Waals surface area (Å²) < 4.78 is 5.53. The van der Waals surface area contributed by atoms with Crippen LogP contribution < -0.4 is 10.1 Å². The third-order valence-electron chi connectivity index (χ3n) is 2.85. The van der Waals surface area contributed by atoms with Crippen LogP contribution in [0, 0.1) is 0 Å². The molecule has 0 spiro atoms. The second-order valence-corrected chi connectivity index (χ2v) is 5.35. The van der Waals surface area contributed by atoms with Crippen LogP contribution in [0.15, 0.2) is 42.5 Å². The Hall–Kier alpha value is -1.52. The van der Waals surface area contributed by atoms with Gasteiger partial charge in [-0.25, -0.2) is 0 Å². The maximum absolute atomic E-state index is 12.2. The van der Waals surface area contributed by atoms with Gasteiger partial charge in [0.05, 0.1) is 6.61 Å². The summed E-state index contributed by atoms with van der Waals surface area (Å²) in [6.07, 6.45) is 0. The minimum atomic E-state index is -0.192. The molecule has 110 valence electrons. The normalized spacial score (nSPS) is 10.2. The first-order chi connectivity index (χ1) is 10.1. The number of amides is 1. The van der Waals surface area contributed by atoms with Crippen molar-refractivity contribution in [2.75, 3.05) is 11.9 Å². The lowest BCUT2D eigenvalue weighted by atomic mass is 10.1. The van der Waals surface area contributed by atoms with Gasteiger partial charge in [-0.2, -0.15) is 0 Å². The van der Waals surface area contributed by atoms with Crippen LogP contribution in [0.25, 0.3) is 0 Å². The van der Waals surface area contributed by atoms with E-state index >= 15 is 0 Å². The number of hydrogen-bond acceptors (Lipinski definition) is 2. The van der Waals surface area contributed by atoms with Crippen LogP contribution in [0.2, 0.25) is 5.02 Å². The van der Waals surface area contributed by atoms with E-state index in [1.165, 1.54) is 0 Å².